The van der Waals surface area contributed by atoms with Crippen LogP contribution in [-0.4, -0.2) is 74.6 Å². The van der Waals surface area contributed by atoms with Crippen LogP contribution in [0.1, 0.15) is 16.8 Å². The van der Waals surface area contributed by atoms with Gasteiger partial charge in [-0.1, -0.05) is 35.9 Å². The largest absolute Gasteiger partial charge is 0.488 e. The summed E-state index contributed by atoms with van der Waals surface area (Å²) < 4.78 is 23.3. The summed E-state index contributed by atoms with van der Waals surface area (Å²) in [5.74, 6) is -0.435. The zero-order valence-corrected chi connectivity index (χ0v) is 24.4. The Hall–Kier alpha value is -4.74. The highest BCUT2D eigenvalue weighted by atomic mass is 35.5. The molecule has 2 aliphatic rings. The average Bonchev–Trinajstić information content (AvgIpc) is 3.77. The molecule has 6 bridgehead atoms. The van der Waals surface area contributed by atoms with E-state index in [9.17, 15) is 14.0 Å². The molecule has 5 aromatic rings. The van der Waals surface area contributed by atoms with Crippen LogP contribution in [0.15, 0.2) is 79.3 Å². The van der Waals surface area contributed by atoms with Crippen molar-refractivity contribution in [2.45, 2.75) is 25.1 Å². The number of likely N-dealkylation sites (tertiary alicyclic amines) is 1. The van der Waals surface area contributed by atoms with Gasteiger partial charge < -0.3 is 20.3 Å². The Balaban J connectivity index is 1.18. The van der Waals surface area contributed by atoms with Gasteiger partial charge in [0.15, 0.2) is 0 Å². The molecule has 0 radical (unpaired) electrons. The number of nitrogens with zero attached hydrogens (tertiary/aromatic N) is 5. The molecule has 10 nitrogen and oxygen atoms in total. The second-order valence-electron chi connectivity index (χ2n) is 10.9. The number of halogens is 2. The zero-order chi connectivity index (χ0) is 30.2. The second-order valence-corrected chi connectivity index (χ2v) is 11.3. The van der Waals surface area contributed by atoms with E-state index < -0.39 is 18.0 Å². The number of nitrogens with one attached hydrogen (secondary N) is 2. The minimum atomic E-state index is -0.735. The molecule has 2 aromatic heterocycles. The van der Waals surface area contributed by atoms with Crippen molar-refractivity contribution in [3.05, 3.63) is 95.7 Å². The van der Waals surface area contributed by atoms with E-state index in [2.05, 4.69) is 28.0 Å². The Kier molecular flexibility index (Phi) is 7.49. The van der Waals surface area contributed by atoms with Crippen molar-refractivity contribution in [1.82, 2.24) is 35.1 Å². The van der Waals surface area contributed by atoms with Gasteiger partial charge in [0.2, 0.25) is 5.91 Å². The first-order chi connectivity index (χ1) is 21.4. The van der Waals surface area contributed by atoms with Gasteiger partial charge in [0.25, 0.3) is 5.91 Å². The number of carbonyl (C=O) groups is 2. The lowest BCUT2D eigenvalue weighted by Crippen LogP contribution is -2.47. The maximum Gasteiger partial charge on any atom is 0.257 e. The van der Waals surface area contributed by atoms with E-state index in [-0.39, 0.29) is 28.9 Å². The summed E-state index contributed by atoms with van der Waals surface area (Å²) in [5, 5.41) is 16.5. The third-order valence-electron chi connectivity index (χ3n) is 7.98. The fourth-order valence-corrected chi connectivity index (χ4v) is 6.11. The molecule has 1 saturated heterocycles. The molecule has 2 aliphatic heterocycles. The number of carbonyl (C=O) groups excluding carboxylic acids is 2. The van der Waals surface area contributed by atoms with Crippen LogP contribution in [0.4, 0.5) is 4.39 Å². The molecule has 224 valence electrons. The smallest absolute Gasteiger partial charge is 0.257 e. The third-order valence-corrected chi connectivity index (χ3v) is 8.28. The topological polar surface area (TPSA) is 106 Å². The molecular formula is C32H29ClFN7O3. The summed E-state index contributed by atoms with van der Waals surface area (Å²) in [5.41, 5.74) is 3.66. The number of hydrogen-bond acceptors (Lipinski definition) is 6. The molecule has 44 heavy (non-hydrogen) atoms. The summed E-state index contributed by atoms with van der Waals surface area (Å²) in [6.07, 6.45) is 4.92. The summed E-state index contributed by atoms with van der Waals surface area (Å²) in [6.45, 7) is 2.53. The van der Waals surface area contributed by atoms with Gasteiger partial charge in [-0.15, -0.1) is 0 Å². The molecule has 2 amide bonds. The Morgan fingerprint density at radius 2 is 1.93 bits per heavy atom. The highest BCUT2D eigenvalue weighted by Gasteiger charge is 2.41. The monoisotopic (exact) mass is 613 g/mol. The second kappa shape index (κ2) is 11.7. The van der Waals surface area contributed by atoms with Crippen molar-refractivity contribution in [2.75, 3.05) is 26.2 Å². The molecule has 0 saturated carbocycles. The van der Waals surface area contributed by atoms with Crippen LogP contribution in [0.3, 0.4) is 0 Å². The molecule has 2 N–H and O–H groups in total. The number of hydrogen-bond donors (Lipinski definition) is 2. The van der Waals surface area contributed by atoms with Crippen LogP contribution >= 0.6 is 11.6 Å². The Labute approximate surface area is 257 Å². The normalized spacial score (nSPS) is 19.0. The maximum atomic E-state index is 13.8. The Bertz CT molecular complexity index is 1870. The first kappa shape index (κ1) is 28.1. The third kappa shape index (κ3) is 5.51. The van der Waals surface area contributed by atoms with Gasteiger partial charge in [-0.05, 0) is 47.5 Å². The lowest BCUT2D eigenvalue weighted by atomic mass is 10.0. The molecular weight excluding hydrogens is 585 g/mol. The molecule has 2 atom stereocenters. The van der Waals surface area contributed by atoms with Crippen molar-refractivity contribution >= 4 is 34.3 Å². The van der Waals surface area contributed by atoms with Crippen molar-refractivity contribution < 1.29 is 18.7 Å². The van der Waals surface area contributed by atoms with Gasteiger partial charge in [0.05, 0.1) is 41.1 Å². The van der Waals surface area contributed by atoms with E-state index in [0.29, 0.717) is 44.0 Å². The van der Waals surface area contributed by atoms with E-state index in [1.807, 2.05) is 41.1 Å². The first-order valence-corrected chi connectivity index (χ1v) is 14.8. The van der Waals surface area contributed by atoms with E-state index >= 15 is 0 Å². The van der Waals surface area contributed by atoms with E-state index in [1.165, 1.54) is 40.2 Å². The number of benzene rings is 3. The summed E-state index contributed by atoms with van der Waals surface area (Å²) in [6, 6.07) is 17.1. The molecule has 0 unspecified atom stereocenters. The van der Waals surface area contributed by atoms with E-state index in [1.54, 1.807) is 0 Å². The van der Waals surface area contributed by atoms with Crippen molar-refractivity contribution in [3.8, 4) is 22.6 Å². The molecule has 12 heteroatoms. The van der Waals surface area contributed by atoms with Gasteiger partial charge in [-0.3, -0.25) is 14.3 Å². The van der Waals surface area contributed by atoms with Gasteiger partial charge >= 0.3 is 0 Å². The van der Waals surface area contributed by atoms with Crippen LogP contribution in [-0.2, 0) is 11.3 Å². The SMILES string of the molecule is O=C1NCCNCCn2cc3c(cccc3n2)-c2cccc(c2)O[C@H]2C[C@@H]1N(C(=O)c1cnn(-c3ccc(F)cc3Cl)c1)C2. The van der Waals surface area contributed by atoms with Crippen molar-refractivity contribution in [3.63, 3.8) is 0 Å². The number of rotatable bonds is 2. The Morgan fingerprint density at radius 1 is 1.05 bits per heavy atom. The van der Waals surface area contributed by atoms with Crippen LogP contribution in [0.25, 0.3) is 27.7 Å². The van der Waals surface area contributed by atoms with Gasteiger partial charge in [0.1, 0.15) is 23.7 Å². The molecule has 7 rings (SSSR count). The van der Waals surface area contributed by atoms with Crippen LogP contribution < -0.4 is 15.4 Å². The van der Waals surface area contributed by atoms with Crippen molar-refractivity contribution in [1.29, 1.82) is 0 Å². The number of aromatic nitrogens is 4. The fraction of sp³-hybridized carbons (Fsp3) is 0.250. The van der Waals surface area contributed by atoms with E-state index in [4.69, 9.17) is 21.4 Å². The minimum Gasteiger partial charge on any atom is -0.488 e. The van der Waals surface area contributed by atoms with Crippen molar-refractivity contribution in [2.24, 2.45) is 0 Å². The number of fused-ring (bicyclic) bond motifs is 6. The molecule has 4 heterocycles. The van der Waals surface area contributed by atoms with Crippen LogP contribution in [0.2, 0.25) is 5.02 Å². The molecule has 3 aromatic carbocycles. The van der Waals surface area contributed by atoms with Crippen LogP contribution in [0, 0.1) is 5.82 Å². The lowest BCUT2D eigenvalue weighted by molar-refractivity contribution is -0.124. The average molecular weight is 614 g/mol. The standard InChI is InChI=1S/C32H29ClFN7O3/c33-27-14-22(34)7-8-29(27)41-17-21(16-37-41)32(43)40-18-24-15-30(40)31(42)36-10-9-35-11-12-39-19-26-25(5-2-6-28(26)38-39)20-3-1-4-23(13-20)44-24/h1-8,13-14,16-17,19,24,30,35H,9-12,15,18H2,(H,36,42)/t24-,30-/m0/s1. The highest BCUT2D eigenvalue weighted by Crippen LogP contribution is 2.32. The predicted molar refractivity (Wildman–Crippen MR) is 163 cm³/mol. The summed E-state index contributed by atoms with van der Waals surface area (Å²) in [7, 11) is 0. The summed E-state index contributed by atoms with van der Waals surface area (Å²) in [4.78, 5) is 28.7. The number of amides is 2. The molecule has 0 spiro atoms. The maximum absolute atomic E-state index is 13.8. The van der Waals surface area contributed by atoms with Gasteiger partial charge in [0, 0.05) is 43.8 Å². The predicted octanol–water partition coefficient (Wildman–Crippen LogP) is 4.06. The molecule has 0 aliphatic carbocycles. The summed E-state index contributed by atoms with van der Waals surface area (Å²) >= 11 is 6.21. The van der Waals surface area contributed by atoms with Crippen LogP contribution in [0.5, 0.6) is 5.75 Å². The quantitative estimate of drug-likeness (QED) is 0.311. The lowest BCUT2D eigenvalue weighted by Gasteiger charge is -2.23. The highest BCUT2D eigenvalue weighted by molar-refractivity contribution is 6.32. The van der Waals surface area contributed by atoms with Gasteiger partial charge in [-0.25, -0.2) is 9.07 Å². The van der Waals surface area contributed by atoms with E-state index in [0.717, 1.165) is 22.0 Å². The fourth-order valence-electron chi connectivity index (χ4n) is 5.85. The first-order valence-electron chi connectivity index (χ1n) is 14.5. The Morgan fingerprint density at radius 3 is 2.82 bits per heavy atom. The number of ether oxygens (including phenoxy) is 1. The van der Waals surface area contributed by atoms with Gasteiger partial charge in [-0.2, -0.15) is 10.2 Å². The minimum absolute atomic E-state index is 0.162. The zero-order valence-electron chi connectivity index (χ0n) is 23.6. The molecule has 1 fully saturated rings.